The maximum absolute atomic E-state index is 5.67. The molecule has 2 aromatic carbocycles. The molecule has 2 aliphatic heterocycles. The van der Waals surface area contributed by atoms with Crippen LogP contribution in [0.1, 0.15) is 49.8 Å². The third kappa shape index (κ3) is 3.80. The van der Waals surface area contributed by atoms with Crippen LogP contribution in [0.4, 0.5) is 0 Å². The zero-order valence-electron chi connectivity index (χ0n) is 17.4. The smallest absolute Gasteiger partial charge is 0.120 e. The molecule has 1 N–H and O–H groups in total. The predicted octanol–water partition coefficient (Wildman–Crippen LogP) is 6.37. The summed E-state index contributed by atoms with van der Waals surface area (Å²) >= 11 is 1.82. The second-order valence-electron chi connectivity index (χ2n) is 8.43. The summed E-state index contributed by atoms with van der Waals surface area (Å²) in [6.07, 6.45) is 5.38. The maximum Gasteiger partial charge on any atom is 0.120 e. The number of hydrogen-bond donors (Lipinski definition) is 1. The van der Waals surface area contributed by atoms with E-state index in [4.69, 9.17) is 4.74 Å². The summed E-state index contributed by atoms with van der Waals surface area (Å²) in [5, 5.41) is 1.42. The average molecular weight is 407 g/mol. The van der Waals surface area contributed by atoms with Crippen molar-refractivity contribution in [3.05, 3.63) is 53.7 Å². The molecular weight excluding hydrogens is 376 g/mol. The number of H-pyrrole nitrogens is 1. The van der Waals surface area contributed by atoms with Crippen LogP contribution in [-0.4, -0.2) is 35.6 Å². The van der Waals surface area contributed by atoms with Crippen LogP contribution in [0.5, 0.6) is 5.75 Å². The highest BCUT2D eigenvalue weighted by Gasteiger charge is 2.33. The highest BCUT2D eigenvalue weighted by atomic mass is 32.2. The Balaban J connectivity index is 1.44. The quantitative estimate of drug-likeness (QED) is 0.534. The molecule has 2 atom stereocenters. The molecule has 2 aliphatic rings. The number of benzene rings is 2. The lowest BCUT2D eigenvalue weighted by atomic mass is 9.84. The molecule has 0 radical (unpaired) electrons. The van der Waals surface area contributed by atoms with Crippen LogP contribution in [0, 0.1) is 6.92 Å². The monoisotopic (exact) mass is 406 g/mol. The van der Waals surface area contributed by atoms with E-state index in [1.165, 1.54) is 65.2 Å². The molecule has 29 heavy (non-hydrogen) atoms. The fourth-order valence-electron chi connectivity index (χ4n) is 5.33. The first-order chi connectivity index (χ1) is 14.2. The lowest BCUT2D eigenvalue weighted by molar-refractivity contribution is 0.181. The fourth-order valence-corrected chi connectivity index (χ4v) is 6.24. The van der Waals surface area contributed by atoms with Crippen molar-refractivity contribution < 1.29 is 4.74 Å². The third-order valence-corrected chi connectivity index (χ3v) is 7.57. The van der Waals surface area contributed by atoms with Crippen molar-refractivity contribution in [1.82, 2.24) is 9.88 Å². The van der Waals surface area contributed by atoms with Crippen molar-refractivity contribution in [2.45, 2.75) is 61.3 Å². The van der Waals surface area contributed by atoms with Gasteiger partial charge in [-0.05, 0) is 100 Å². The number of nitrogens with one attached hydrogen (secondary N) is 1. The molecule has 4 heteroatoms. The Morgan fingerprint density at radius 3 is 2.90 bits per heavy atom. The molecule has 3 heterocycles. The fraction of sp³-hybridized carbons (Fsp3) is 0.440. The lowest BCUT2D eigenvalue weighted by Crippen LogP contribution is -2.37. The number of hydrogen-bond acceptors (Lipinski definition) is 3. The number of fused-ring (bicyclic) bond motifs is 2. The van der Waals surface area contributed by atoms with Crippen LogP contribution in [-0.2, 0) is 0 Å². The standard InChI is InChI=1S/C25H30N2OS/c1-3-28-20-7-4-8-21(15-20)29-22-9-10-24-23(16-22)25(17(2)26-24)18-11-13-27-12-5-6-19(27)14-18/h4,7-10,15-16,18-19,26H,3,5-6,11-14H2,1-2H3. The minimum Gasteiger partial charge on any atom is -0.494 e. The first-order valence-corrected chi connectivity index (χ1v) is 11.8. The Morgan fingerprint density at radius 1 is 1.10 bits per heavy atom. The molecule has 0 aliphatic carbocycles. The van der Waals surface area contributed by atoms with E-state index in [2.05, 4.69) is 53.2 Å². The van der Waals surface area contributed by atoms with E-state index in [-0.39, 0.29) is 0 Å². The number of rotatable bonds is 5. The van der Waals surface area contributed by atoms with Crippen LogP contribution in [0.2, 0.25) is 0 Å². The highest BCUT2D eigenvalue weighted by molar-refractivity contribution is 7.99. The van der Waals surface area contributed by atoms with Gasteiger partial charge in [-0.3, -0.25) is 0 Å². The number of piperidine rings is 1. The van der Waals surface area contributed by atoms with Crippen LogP contribution >= 0.6 is 11.8 Å². The molecule has 2 fully saturated rings. The van der Waals surface area contributed by atoms with E-state index in [0.29, 0.717) is 12.5 Å². The Hall–Kier alpha value is -1.91. The van der Waals surface area contributed by atoms with Crippen molar-refractivity contribution in [2.75, 3.05) is 19.7 Å². The third-order valence-electron chi connectivity index (χ3n) is 6.59. The van der Waals surface area contributed by atoms with Crippen LogP contribution in [0.25, 0.3) is 10.9 Å². The van der Waals surface area contributed by atoms with Gasteiger partial charge in [0.1, 0.15) is 5.75 Å². The van der Waals surface area contributed by atoms with E-state index in [1.54, 1.807) is 5.56 Å². The van der Waals surface area contributed by atoms with E-state index in [9.17, 15) is 0 Å². The van der Waals surface area contributed by atoms with E-state index in [0.717, 1.165) is 11.8 Å². The van der Waals surface area contributed by atoms with Gasteiger partial charge in [0.15, 0.2) is 0 Å². The normalized spacial score (nSPS) is 22.1. The zero-order chi connectivity index (χ0) is 19.8. The number of ether oxygens (including phenoxy) is 1. The summed E-state index contributed by atoms with van der Waals surface area (Å²) in [6.45, 7) is 7.56. The van der Waals surface area contributed by atoms with Crippen molar-refractivity contribution in [3.63, 3.8) is 0 Å². The molecular formula is C25H30N2OS. The van der Waals surface area contributed by atoms with Gasteiger partial charge in [-0.1, -0.05) is 17.8 Å². The molecule has 0 spiro atoms. The van der Waals surface area contributed by atoms with Gasteiger partial charge in [0.2, 0.25) is 0 Å². The van der Waals surface area contributed by atoms with Crippen molar-refractivity contribution >= 4 is 22.7 Å². The molecule has 5 rings (SSSR count). The van der Waals surface area contributed by atoms with Gasteiger partial charge in [0, 0.05) is 32.4 Å². The van der Waals surface area contributed by atoms with Gasteiger partial charge in [-0.25, -0.2) is 0 Å². The summed E-state index contributed by atoms with van der Waals surface area (Å²) in [6, 6.07) is 16.1. The molecule has 152 valence electrons. The van der Waals surface area contributed by atoms with Crippen LogP contribution in [0.15, 0.2) is 52.3 Å². The van der Waals surface area contributed by atoms with Crippen molar-refractivity contribution in [3.8, 4) is 5.75 Å². The van der Waals surface area contributed by atoms with E-state index >= 15 is 0 Å². The highest BCUT2D eigenvalue weighted by Crippen LogP contribution is 2.41. The van der Waals surface area contributed by atoms with Gasteiger partial charge < -0.3 is 14.6 Å². The maximum atomic E-state index is 5.67. The van der Waals surface area contributed by atoms with Crippen molar-refractivity contribution in [1.29, 1.82) is 0 Å². The molecule has 0 bridgehead atoms. The first-order valence-electron chi connectivity index (χ1n) is 11.0. The summed E-state index contributed by atoms with van der Waals surface area (Å²) in [5.41, 5.74) is 4.20. The van der Waals surface area contributed by atoms with Crippen molar-refractivity contribution in [2.24, 2.45) is 0 Å². The Labute approximate surface area is 177 Å². The topological polar surface area (TPSA) is 28.3 Å². The molecule has 0 saturated carbocycles. The molecule has 3 nitrogen and oxygen atoms in total. The Morgan fingerprint density at radius 2 is 2.00 bits per heavy atom. The summed E-state index contributed by atoms with van der Waals surface area (Å²) in [5.74, 6) is 1.63. The number of nitrogens with zero attached hydrogens (tertiary/aromatic N) is 1. The summed E-state index contributed by atoms with van der Waals surface area (Å²) in [7, 11) is 0. The molecule has 0 amide bonds. The first kappa shape index (κ1) is 19.1. The van der Waals surface area contributed by atoms with Gasteiger partial charge >= 0.3 is 0 Å². The minimum atomic E-state index is 0.685. The van der Waals surface area contributed by atoms with Gasteiger partial charge in [-0.15, -0.1) is 0 Å². The minimum absolute atomic E-state index is 0.685. The second-order valence-corrected chi connectivity index (χ2v) is 9.58. The molecule has 2 unspecified atom stereocenters. The van der Waals surface area contributed by atoms with Gasteiger partial charge in [0.05, 0.1) is 6.61 Å². The predicted molar refractivity (Wildman–Crippen MR) is 121 cm³/mol. The average Bonchev–Trinajstić information content (AvgIpc) is 3.31. The summed E-state index contributed by atoms with van der Waals surface area (Å²) < 4.78 is 5.67. The van der Waals surface area contributed by atoms with Crippen LogP contribution in [0.3, 0.4) is 0 Å². The van der Waals surface area contributed by atoms with E-state index < -0.39 is 0 Å². The number of aryl methyl sites for hydroxylation is 1. The second kappa shape index (κ2) is 8.08. The zero-order valence-corrected chi connectivity index (χ0v) is 18.2. The number of aromatic amines is 1. The molecule has 3 aromatic rings. The SMILES string of the molecule is CCOc1cccc(Sc2ccc3[nH]c(C)c(C4CCN5CCCC5C4)c3c2)c1. The molecule has 1 aromatic heterocycles. The van der Waals surface area contributed by atoms with Crippen LogP contribution < -0.4 is 4.74 Å². The Bertz CT molecular complexity index is 1010. The van der Waals surface area contributed by atoms with Gasteiger partial charge in [-0.2, -0.15) is 0 Å². The van der Waals surface area contributed by atoms with Gasteiger partial charge in [0.25, 0.3) is 0 Å². The molecule has 2 saturated heterocycles. The van der Waals surface area contributed by atoms with E-state index in [1.807, 2.05) is 24.8 Å². The largest absolute Gasteiger partial charge is 0.494 e. The number of aromatic nitrogens is 1. The Kier molecular flexibility index (Phi) is 5.31. The summed E-state index contributed by atoms with van der Waals surface area (Å²) in [4.78, 5) is 8.90. The lowest BCUT2D eigenvalue weighted by Gasteiger charge is -2.35.